The normalized spacial score (nSPS) is 11.9. The van der Waals surface area contributed by atoms with Crippen molar-refractivity contribution < 1.29 is 0 Å². The molecule has 8 heteroatoms. The molecule has 0 spiro atoms. The standard InChI is InChI=1S/C21H21N7S/c1-14(29-21-23-13-17(28(21)2)15-9-5-3-6-10-15)18-25-19(22)27-20(26-18)24-16-11-7-4-8-12-16/h3-14H,1-2H3,(H3,22,24,25,26,27)/t14-/m1/s1. The number of thioether (sulfide) groups is 1. The highest BCUT2D eigenvalue weighted by Gasteiger charge is 2.18. The third-order valence-electron chi connectivity index (χ3n) is 4.36. The molecule has 0 saturated carbocycles. The van der Waals surface area contributed by atoms with Crippen LogP contribution in [0.2, 0.25) is 0 Å². The highest BCUT2D eigenvalue weighted by molar-refractivity contribution is 7.99. The number of hydrogen-bond donors (Lipinski definition) is 2. The minimum absolute atomic E-state index is 0.0543. The molecule has 2 aromatic heterocycles. The van der Waals surface area contributed by atoms with E-state index >= 15 is 0 Å². The van der Waals surface area contributed by atoms with Crippen LogP contribution in [-0.2, 0) is 7.05 Å². The highest BCUT2D eigenvalue weighted by atomic mass is 32.2. The minimum atomic E-state index is -0.0543. The molecule has 2 heterocycles. The average molecular weight is 404 g/mol. The molecule has 4 aromatic rings. The van der Waals surface area contributed by atoms with E-state index in [9.17, 15) is 0 Å². The minimum Gasteiger partial charge on any atom is -0.368 e. The summed E-state index contributed by atoms with van der Waals surface area (Å²) in [6, 6.07) is 19.9. The summed E-state index contributed by atoms with van der Waals surface area (Å²) in [5.41, 5.74) is 8.99. The highest BCUT2D eigenvalue weighted by Crippen LogP contribution is 2.34. The van der Waals surface area contributed by atoms with E-state index in [0.717, 1.165) is 22.1 Å². The molecular weight excluding hydrogens is 382 g/mol. The van der Waals surface area contributed by atoms with E-state index in [1.165, 1.54) is 0 Å². The lowest BCUT2D eigenvalue weighted by Gasteiger charge is -2.12. The van der Waals surface area contributed by atoms with Crippen molar-refractivity contribution in [1.29, 1.82) is 0 Å². The Bertz CT molecular complexity index is 1100. The molecule has 0 amide bonds. The van der Waals surface area contributed by atoms with Crippen molar-refractivity contribution >= 4 is 29.3 Å². The van der Waals surface area contributed by atoms with Gasteiger partial charge in [0.1, 0.15) is 5.82 Å². The molecule has 0 aliphatic rings. The van der Waals surface area contributed by atoms with Gasteiger partial charge in [0.2, 0.25) is 11.9 Å². The third-order valence-corrected chi connectivity index (χ3v) is 5.52. The Hall–Kier alpha value is -3.39. The summed E-state index contributed by atoms with van der Waals surface area (Å²) in [6.07, 6.45) is 1.88. The zero-order valence-corrected chi connectivity index (χ0v) is 17.0. The van der Waals surface area contributed by atoms with Crippen LogP contribution in [0.3, 0.4) is 0 Å². The Morgan fingerprint density at radius 3 is 2.38 bits per heavy atom. The predicted molar refractivity (Wildman–Crippen MR) is 117 cm³/mol. The zero-order valence-electron chi connectivity index (χ0n) is 16.1. The van der Waals surface area contributed by atoms with Crippen LogP contribution < -0.4 is 11.1 Å². The van der Waals surface area contributed by atoms with E-state index < -0.39 is 0 Å². The Kier molecular flexibility index (Phi) is 5.44. The maximum Gasteiger partial charge on any atom is 0.232 e. The summed E-state index contributed by atoms with van der Waals surface area (Å²) in [7, 11) is 2.01. The van der Waals surface area contributed by atoms with Gasteiger partial charge in [0.05, 0.1) is 17.1 Å². The van der Waals surface area contributed by atoms with Gasteiger partial charge >= 0.3 is 0 Å². The first-order chi connectivity index (χ1) is 14.1. The lowest BCUT2D eigenvalue weighted by atomic mass is 10.2. The molecule has 0 bridgehead atoms. The van der Waals surface area contributed by atoms with Gasteiger partial charge in [-0.3, -0.25) is 0 Å². The van der Waals surface area contributed by atoms with Crippen LogP contribution in [0.15, 0.2) is 72.0 Å². The van der Waals surface area contributed by atoms with Gasteiger partial charge in [-0.15, -0.1) is 0 Å². The fourth-order valence-corrected chi connectivity index (χ4v) is 3.78. The van der Waals surface area contributed by atoms with Gasteiger partial charge in [0, 0.05) is 12.7 Å². The number of rotatable bonds is 6. The Morgan fingerprint density at radius 2 is 1.66 bits per heavy atom. The van der Waals surface area contributed by atoms with Crippen molar-refractivity contribution in [2.45, 2.75) is 17.3 Å². The summed E-state index contributed by atoms with van der Waals surface area (Å²) in [5.74, 6) is 1.21. The van der Waals surface area contributed by atoms with E-state index in [1.807, 2.05) is 68.7 Å². The number of para-hydroxylation sites is 1. The number of aromatic nitrogens is 5. The molecule has 7 nitrogen and oxygen atoms in total. The fourth-order valence-electron chi connectivity index (χ4n) is 2.89. The Labute approximate surface area is 173 Å². The van der Waals surface area contributed by atoms with Gasteiger partial charge < -0.3 is 15.6 Å². The quantitative estimate of drug-likeness (QED) is 0.459. The van der Waals surface area contributed by atoms with Gasteiger partial charge in [-0.25, -0.2) is 4.98 Å². The summed E-state index contributed by atoms with van der Waals surface area (Å²) in [6.45, 7) is 2.03. The van der Waals surface area contributed by atoms with Crippen molar-refractivity contribution in [3.8, 4) is 11.3 Å². The number of anilines is 3. The van der Waals surface area contributed by atoms with Crippen LogP contribution >= 0.6 is 11.8 Å². The van der Waals surface area contributed by atoms with Crippen LogP contribution in [0.25, 0.3) is 11.3 Å². The van der Waals surface area contributed by atoms with Crippen molar-refractivity contribution in [1.82, 2.24) is 24.5 Å². The summed E-state index contributed by atoms with van der Waals surface area (Å²) >= 11 is 1.58. The number of nitrogens with zero attached hydrogens (tertiary/aromatic N) is 5. The number of nitrogen functional groups attached to an aromatic ring is 1. The van der Waals surface area contributed by atoms with Gasteiger partial charge in [0.15, 0.2) is 5.16 Å². The monoisotopic (exact) mass is 403 g/mol. The van der Waals surface area contributed by atoms with Gasteiger partial charge in [-0.2, -0.15) is 15.0 Å². The maximum atomic E-state index is 5.92. The van der Waals surface area contributed by atoms with Crippen LogP contribution in [-0.4, -0.2) is 24.5 Å². The molecule has 0 radical (unpaired) electrons. The van der Waals surface area contributed by atoms with Crippen molar-refractivity contribution in [2.24, 2.45) is 7.05 Å². The van der Waals surface area contributed by atoms with Crippen LogP contribution in [0, 0.1) is 0 Å². The molecule has 29 heavy (non-hydrogen) atoms. The first kappa shape index (κ1) is 18.9. The fraction of sp³-hybridized carbons (Fsp3) is 0.143. The summed E-state index contributed by atoms with van der Waals surface area (Å²) in [4.78, 5) is 17.6. The van der Waals surface area contributed by atoms with Crippen molar-refractivity contribution in [3.63, 3.8) is 0 Å². The summed E-state index contributed by atoms with van der Waals surface area (Å²) < 4.78 is 2.07. The van der Waals surface area contributed by atoms with E-state index in [0.29, 0.717) is 11.8 Å². The predicted octanol–water partition coefficient (Wildman–Crippen LogP) is 4.45. The van der Waals surface area contributed by atoms with E-state index in [-0.39, 0.29) is 11.2 Å². The van der Waals surface area contributed by atoms with Crippen molar-refractivity contribution in [2.75, 3.05) is 11.1 Å². The second-order valence-corrected chi connectivity index (χ2v) is 7.79. The molecule has 0 unspecified atom stereocenters. The molecule has 146 valence electrons. The Balaban J connectivity index is 1.54. The Morgan fingerprint density at radius 1 is 0.966 bits per heavy atom. The number of imidazole rings is 1. The molecule has 0 aliphatic heterocycles. The van der Waals surface area contributed by atoms with Gasteiger partial charge in [-0.05, 0) is 24.6 Å². The summed E-state index contributed by atoms with van der Waals surface area (Å²) in [5, 5.41) is 4.00. The maximum absolute atomic E-state index is 5.92. The lowest BCUT2D eigenvalue weighted by molar-refractivity contribution is 0.788. The lowest BCUT2D eigenvalue weighted by Crippen LogP contribution is -2.08. The first-order valence-electron chi connectivity index (χ1n) is 9.17. The second-order valence-electron chi connectivity index (χ2n) is 6.48. The molecule has 0 fully saturated rings. The number of hydrogen-bond acceptors (Lipinski definition) is 7. The molecule has 3 N–H and O–H groups in total. The number of benzene rings is 2. The number of nitrogens with one attached hydrogen (secondary N) is 1. The molecule has 1 atom stereocenters. The van der Waals surface area contributed by atoms with E-state index in [4.69, 9.17) is 5.73 Å². The average Bonchev–Trinajstić information content (AvgIpc) is 3.09. The molecular formula is C21H21N7S. The van der Waals surface area contributed by atoms with Gasteiger partial charge in [0.25, 0.3) is 0 Å². The first-order valence-corrected chi connectivity index (χ1v) is 10.1. The van der Waals surface area contributed by atoms with Crippen LogP contribution in [0.4, 0.5) is 17.6 Å². The smallest absolute Gasteiger partial charge is 0.232 e. The molecule has 2 aromatic carbocycles. The molecule has 4 rings (SSSR count). The zero-order chi connectivity index (χ0) is 20.2. The number of nitrogens with two attached hydrogens (primary N) is 1. The molecule has 0 aliphatic carbocycles. The van der Waals surface area contributed by atoms with Crippen LogP contribution in [0.5, 0.6) is 0 Å². The van der Waals surface area contributed by atoms with Crippen LogP contribution in [0.1, 0.15) is 18.0 Å². The SMILES string of the molecule is C[C@@H](Sc1ncc(-c2ccccc2)n1C)c1nc(N)nc(Nc2ccccc2)n1. The molecule has 0 saturated heterocycles. The second kappa shape index (κ2) is 8.32. The third kappa shape index (κ3) is 4.38. The van der Waals surface area contributed by atoms with Gasteiger partial charge in [-0.1, -0.05) is 60.3 Å². The largest absolute Gasteiger partial charge is 0.368 e. The van der Waals surface area contributed by atoms with E-state index in [2.05, 4.69) is 42.0 Å². The van der Waals surface area contributed by atoms with Crippen molar-refractivity contribution in [3.05, 3.63) is 72.7 Å². The topological polar surface area (TPSA) is 94.5 Å². The van der Waals surface area contributed by atoms with E-state index in [1.54, 1.807) is 11.8 Å².